The molecule has 2 rings (SSSR count). The van der Waals surface area contributed by atoms with E-state index in [1.165, 1.54) is 0 Å². The molecule has 0 fully saturated rings. The van der Waals surface area contributed by atoms with E-state index in [2.05, 4.69) is 30.8 Å². The Balaban J connectivity index is 1.77. The zero-order chi connectivity index (χ0) is 19.3. The lowest BCUT2D eigenvalue weighted by atomic mass is 10.2. The van der Waals surface area contributed by atoms with Crippen molar-refractivity contribution in [2.24, 2.45) is 0 Å². The van der Waals surface area contributed by atoms with Crippen LogP contribution in [0, 0.1) is 0 Å². The van der Waals surface area contributed by atoms with Gasteiger partial charge in [-0.1, -0.05) is 67.2 Å². The predicted molar refractivity (Wildman–Crippen MR) is 109 cm³/mol. The van der Waals surface area contributed by atoms with E-state index in [4.69, 9.17) is 13.6 Å². The smallest absolute Gasteiger partial charge is 0.333 e. The van der Waals surface area contributed by atoms with Crippen LogP contribution in [0.1, 0.15) is 30.9 Å². The summed E-state index contributed by atoms with van der Waals surface area (Å²) in [6, 6.07) is 21.1. The molecule has 0 aliphatic heterocycles. The van der Waals surface area contributed by atoms with E-state index in [1.807, 2.05) is 36.4 Å². The first kappa shape index (κ1) is 21.1. The number of ether oxygens (including phenoxy) is 1. The summed E-state index contributed by atoms with van der Waals surface area (Å²) in [7, 11) is -1.82. The molecule has 0 spiro atoms. The summed E-state index contributed by atoms with van der Waals surface area (Å²) in [4.78, 5) is 11.4. The van der Waals surface area contributed by atoms with Gasteiger partial charge < -0.3 is 13.6 Å². The van der Waals surface area contributed by atoms with E-state index in [0.29, 0.717) is 25.4 Å². The highest BCUT2D eigenvalue weighted by Gasteiger charge is 2.14. The second kappa shape index (κ2) is 12.2. The number of rotatable bonds is 12. The molecule has 0 saturated heterocycles. The average Bonchev–Trinajstić information content (AvgIpc) is 2.70. The SMILES string of the molecule is C=C(C)C(=O)OCCCC[SiH](OCc1ccccc1)OCc1ccccc1. The van der Waals surface area contributed by atoms with Crippen LogP contribution < -0.4 is 0 Å². The number of hydrogen-bond donors (Lipinski definition) is 0. The first-order chi connectivity index (χ1) is 13.1. The second-order valence-corrected chi connectivity index (χ2v) is 8.54. The van der Waals surface area contributed by atoms with Crippen molar-refractivity contribution in [3.8, 4) is 0 Å². The molecule has 0 radical (unpaired) electrons. The predicted octanol–water partition coefficient (Wildman–Crippen LogP) is 4.54. The van der Waals surface area contributed by atoms with Crippen LogP contribution in [-0.4, -0.2) is 21.9 Å². The number of benzene rings is 2. The van der Waals surface area contributed by atoms with Gasteiger partial charge in [0.25, 0.3) is 0 Å². The van der Waals surface area contributed by atoms with Crippen molar-refractivity contribution in [1.82, 2.24) is 0 Å². The molecule has 0 unspecified atom stereocenters. The van der Waals surface area contributed by atoms with E-state index >= 15 is 0 Å². The van der Waals surface area contributed by atoms with Crippen molar-refractivity contribution in [3.05, 3.63) is 83.9 Å². The van der Waals surface area contributed by atoms with Gasteiger partial charge >= 0.3 is 15.3 Å². The van der Waals surface area contributed by atoms with Gasteiger partial charge in [-0.2, -0.15) is 0 Å². The summed E-state index contributed by atoms with van der Waals surface area (Å²) < 4.78 is 17.4. The van der Waals surface area contributed by atoms with Crippen molar-refractivity contribution in [3.63, 3.8) is 0 Å². The highest BCUT2D eigenvalue weighted by molar-refractivity contribution is 6.44. The van der Waals surface area contributed by atoms with Gasteiger partial charge in [0.2, 0.25) is 0 Å². The zero-order valence-corrected chi connectivity index (χ0v) is 17.1. The lowest BCUT2D eigenvalue weighted by Crippen LogP contribution is -2.23. The van der Waals surface area contributed by atoms with E-state index in [0.717, 1.165) is 30.0 Å². The molecule has 0 N–H and O–H groups in total. The summed E-state index contributed by atoms with van der Waals surface area (Å²) in [5.74, 6) is -0.329. The quantitative estimate of drug-likeness (QED) is 0.233. The lowest BCUT2D eigenvalue weighted by molar-refractivity contribution is -0.139. The average molecular weight is 385 g/mol. The molecule has 5 heteroatoms. The van der Waals surface area contributed by atoms with Crippen molar-refractivity contribution >= 4 is 15.3 Å². The third-order valence-electron chi connectivity index (χ3n) is 3.97. The molecule has 0 saturated carbocycles. The fraction of sp³-hybridized carbons (Fsp3) is 0.318. The highest BCUT2D eigenvalue weighted by atomic mass is 28.3. The minimum absolute atomic E-state index is 0.329. The molecule has 4 nitrogen and oxygen atoms in total. The zero-order valence-electron chi connectivity index (χ0n) is 15.9. The Morgan fingerprint density at radius 2 is 1.41 bits per heavy atom. The highest BCUT2D eigenvalue weighted by Crippen LogP contribution is 2.12. The van der Waals surface area contributed by atoms with E-state index in [-0.39, 0.29) is 5.97 Å². The molecular formula is C22H28O4Si. The minimum atomic E-state index is -1.82. The standard InChI is InChI=1S/C22H28O4Si/c1-19(2)22(23)24-15-9-10-16-27(25-17-20-11-5-3-6-12-20)26-18-21-13-7-4-8-14-21/h3-8,11-14,27H,1,9-10,15-18H2,2H3. The first-order valence-electron chi connectivity index (χ1n) is 9.29. The Hall–Kier alpha value is -2.21. The van der Waals surface area contributed by atoms with Gasteiger partial charge in [0, 0.05) is 5.57 Å². The molecule has 2 aromatic carbocycles. The monoisotopic (exact) mass is 384 g/mol. The van der Waals surface area contributed by atoms with Crippen molar-refractivity contribution in [1.29, 1.82) is 0 Å². The molecule has 0 aliphatic carbocycles. The molecule has 0 heterocycles. The second-order valence-electron chi connectivity index (χ2n) is 6.43. The Morgan fingerprint density at radius 3 is 1.89 bits per heavy atom. The van der Waals surface area contributed by atoms with Crippen LogP contribution in [0.3, 0.4) is 0 Å². The van der Waals surface area contributed by atoms with E-state index in [1.54, 1.807) is 6.92 Å². The molecule has 27 heavy (non-hydrogen) atoms. The Bertz CT molecular complexity index is 644. The maximum Gasteiger partial charge on any atom is 0.333 e. The number of unbranched alkanes of at least 4 members (excludes halogenated alkanes) is 1. The summed E-state index contributed by atoms with van der Waals surface area (Å²) >= 11 is 0. The van der Waals surface area contributed by atoms with Gasteiger partial charge in [0.1, 0.15) is 0 Å². The van der Waals surface area contributed by atoms with Crippen molar-refractivity contribution in [2.45, 2.75) is 39.0 Å². The molecular weight excluding hydrogens is 356 g/mol. The molecule has 144 valence electrons. The fourth-order valence-electron chi connectivity index (χ4n) is 2.44. The molecule has 2 aromatic rings. The number of hydrogen-bond acceptors (Lipinski definition) is 4. The summed E-state index contributed by atoms with van der Waals surface area (Å²) in [5.41, 5.74) is 2.72. The van der Waals surface area contributed by atoms with Crippen molar-refractivity contribution in [2.75, 3.05) is 6.61 Å². The van der Waals surface area contributed by atoms with Crippen LogP contribution in [0.5, 0.6) is 0 Å². The Labute approximate surface area is 163 Å². The third kappa shape index (κ3) is 8.82. The van der Waals surface area contributed by atoms with Gasteiger partial charge in [0.05, 0.1) is 19.8 Å². The molecule has 0 amide bonds. The van der Waals surface area contributed by atoms with Crippen LogP contribution in [0.15, 0.2) is 72.8 Å². The molecule has 0 aromatic heterocycles. The van der Waals surface area contributed by atoms with Crippen LogP contribution >= 0.6 is 0 Å². The van der Waals surface area contributed by atoms with E-state index < -0.39 is 9.28 Å². The van der Waals surface area contributed by atoms with Gasteiger partial charge in [-0.3, -0.25) is 0 Å². The third-order valence-corrected chi connectivity index (χ3v) is 5.93. The minimum Gasteiger partial charge on any atom is -0.462 e. The van der Waals surface area contributed by atoms with Crippen LogP contribution in [0.25, 0.3) is 0 Å². The van der Waals surface area contributed by atoms with Crippen LogP contribution in [-0.2, 0) is 31.6 Å². The molecule has 0 atom stereocenters. The van der Waals surface area contributed by atoms with Gasteiger partial charge in [-0.15, -0.1) is 0 Å². The summed E-state index contributed by atoms with van der Waals surface area (Å²) in [5, 5.41) is 0. The summed E-state index contributed by atoms with van der Waals surface area (Å²) in [6.07, 6.45) is 1.70. The maximum atomic E-state index is 11.4. The number of carbonyl (C=O) groups is 1. The fourth-order valence-corrected chi connectivity index (χ4v) is 4.25. The van der Waals surface area contributed by atoms with Crippen molar-refractivity contribution < 1.29 is 18.4 Å². The largest absolute Gasteiger partial charge is 0.462 e. The Morgan fingerprint density at radius 1 is 0.889 bits per heavy atom. The topological polar surface area (TPSA) is 44.8 Å². The van der Waals surface area contributed by atoms with Gasteiger partial charge in [-0.25, -0.2) is 4.79 Å². The number of carbonyl (C=O) groups excluding carboxylic acids is 1. The lowest BCUT2D eigenvalue weighted by Gasteiger charge is -2.17. The molecule has 0 aliphatic rings. The number of esters is 1. The van der Waals surface area contributed by atoms with Crippen LogP contribution in [0.4, 0.5) is 0 Å². The normalized spacial score (nSPS) is 10.7. The van der Waals surface area contributed by atoms with E-state index in [9.17, 15) is 4.79 Å². The van der Waals surface area contributed by atoms with Gasteiger partial charge in [-0.05, 0) is 36.9 Å². The maximum absolute atomic E-state index is 11.4. The molecule has 0 bridgehead atoms. The van der Waals surface area contributed by atoms with Gasteiger partial charge in [0.15, 0.2) is 0 Å². The Kier molecular flexibility index (Phi) is 9.55. The first-order valence-corrected chi connectivity index (χ1v) is 11.0. The summed E-state index contributed by atoms with van der Waals surface area (Å²) in [6.45, 7) is 6.77. The van der Waals surface area contributed by atoms with Crippen LogP contribution in [0.2, 0.25) is 6.04 Å².